The Balaban J connectivity index is 2.15. The number of carbonyl (C=O) groups is 1. The third kappa shape index (κ3) is 2.88. The molecular weight excluding hydrogens is 268 g/mol. The number of hydrogen-bond acceptors (Lipinski definition) is 4. The fourth-order valence-corrected chi connectivity index (χ4v) is 1.72. The minimum Gasteiger partial charge on any atom is -0.493 e. The van der Waals surface area contributed by atoms with Crippen molar-refractivity contribution in [2.24, 2.45) is 7.05 Å². The lowest BCUT2D eigenvalue weighted by Crippen LogP contribution is -2.04. The average Bonchev–Trinajstić information content (AvgIpc) is 2.76. The molecule has 0 fully saturated rings. The van der Waals surface area contributed by atoms with Gasteiger partial charge in [0.15, 0.2) is 11.5 Å². The van der Waals surface area contributed by atoms with Gasteiger partial charge >= 0.3 is 0 Å². The molecule has 0 atom stereocenters. The van der Waals surface area contributed by atoms with Gasteiger partial charge in [0.25, 0.3) is 0 Å². The number of nitrogens with zero attached hydrogens (tertiary/aromatic N) is 2. The highest BCUT2D eigenvalue weighted by Gasteiger charge is 2.09. The quantitative estimate of drug-likeness (QED) is 0.790. The predicted molar refractivity (Wildman–Crippen MR) is 70.9 cm³/mol. The van der Waals surface area contributed by atoms with Crippen LogP contribution in [0.25, 0.3) is 0 Å². The molecule has 19 heavy (non-hydrogen) atoms. The lowest BCUT2D eigenvalue weighted by atomic mass is 10.2. The summed E-state index contributed by atoms with van der Waals surface area (Å²) in [4.78, 5) is 14.8. The summed E-state index contributed by atoms with van der Waals surface area (Å²) in [5.74, 6) is 1.75. The van der Waals surface area contributed by atoms with Crippen LogP contribution in [-0.4, -0.2) is 22.9 Å². The molecular formula is C13H13ClN2O3. The van der Waals surface area contributed by atoms with E-state index in [9.17, 15) is 4.79 Å². The van der Waals surface area contributed by atoms with E-state index in [1.54, 1.807) is 36.0 Å². The Kier molecular flexibility index (Phi) is 4.06. The molecule has 0 saturated heterocycles. The van der Waals surface area contributed by atoms with E-state index in [2.05, 4.69) is 4.98 Å². The smallest absolute Gasteiger partial charge is 0.161 e. The molecule has 0 saturated carbocycles. The fraction of sp³-hybridized carbons (Fsp3) is 0.231. The van der Waals surface area contributed by atoms with E-state index in [0.717, 1.165) is 6.29 Å². The van der Waals surface area contributed by atoms with Crippen LogP contribution in [0.3, 0.4) is 0 Å². The Hall–Kier alpha value is -2.01. The standard InChI is InChI=1S/C13H13ClN2O3/c1-16-12(14)6-15-13(16)8-19-10-4-3-9(7-17)5-11(10)18-2/h3-7H,8H2,1-2H3. The van der Waals surface area contributed by atoms with Gasteiger partial charge in [-0.3, -0.25) is 4.79 Å². The molecule has 2 aromatic rings. The first-order valence-electron chi connectivity index (χ1n) is 5.58. The van der Waals surface area contributed by atoms with E-state index in [1.165, 1.54) is 7.11 Å². The first-order chi connectivity index (χ1) is 9.15. The Labute approximate surface area is 115 Å². The van der Waals surface area contributed by atoms with Gasteiger partial charge in [0.05, 0.1) is 13.3 Å². The lowest BCUT2D eigenvalue weighted by Gasteiger charge is -2.11. The van der Waals surface area contributed by atoms with E-state index < -0.39 is 0 Å². The van der Waals surface area contributed by atoms with E-state index in [0.29, 0.717) is 28.0 Å². The van der Waals surface area contributed by atoms with Crippen molar-refractivity contribution < 1.29 is 14.3 Å². The second kappa shape index (κ2) is 5.75. The Bertz CT molecular complexity index is 596. The van der Waals surface area contributed by atoms with Crippen molar-refractivity contribution in [2.75, 3.05) is 7.11 Å². The molecule has 0 N–H and O–H groups in total. The summed E-state index contributed by atoms with van der Waals surface area (Å²) in [5.41, 5.74) is 0.532. The second-order valence-corrected chi connectivity index (χ2v) is 4.26. The van der Waals surface area contributed by atoms with E-state index in [-0.39, 0.29) is 6.61 Å². The summed E-state index contributed by atoms with van der Waals surface area (Å²) in [6, 6.07) is 4.97. The molecule has 0 radical (unpaired) electrons. The van der Waals surface area contributed by atoms with Crippen LogP contribution >= 0.6 is 11.6 Å². The van der Waals surface area contributed by atoms with Crippen LogP contribution in [-0.2, 0) is 13.7 Å². The molecule has 2 rings (SSSR count). The molecule has 1 aromatic heterocycles. The molecule has 0 aliphatic rings. The van der Waals surface area contributed by atoms with Gasteiger partial charge in [0.2, 0.25) is 0 Å². The van der Waals surface area contributed by atoms with Crippen LogP contribution in [0, 0.1) is 0 Å². The zero-order chi connectivity index (χ0) is 13.8. The summed E-state index contributed by atoms with van der Waals surface area (Å²) in [7, 11) is 3.33. The molecule has 0 aliphatic carbocycles. The van der Waals surface area contributed by atoms with Crippen molar-refractivity contribution in [2.45, 2.75) is 6.61 Å². The molecule has 0 spiro atoms. The van der Waals surface area contributed by atoms with Gasteiger partial charge in [0, 0.05) is 12.6 Å². The lowest BCUT2D eigenvalue weighted by molar-refractivity contribution is 0.112. The summed E-state index contributed by atoms with van der Waals surface area (Å²) < 4.78 is 12.5. The number of halogens is 1. The SMILES string of the molecule is COc1cc(C=O)ccc1OCc1ncc(Cl)n1C. The number of hydrogen-bond donors (Lipinski definition) is 0. The monoisotopic (exact) mass is 280 g/mol. The normalized spacial score (nSPS) is 10.3. The van der Waals surface area contributed by atoms with Crippen LogP contribution in [0.1, 0.15) is 16.2 Å². The molecule has 0 bridgehead atoms. The predicted octanol–water partition coefficient (Wildman–Crippen LogP) is 2.47. The van der Waals surface area contributed by atoms with E-state index in [4.69, 9.17) is 21.1 Å². The van der Waals surface area contributed by atoms with Gasteiger partial charge in [-0.2, -0.15) is 0 Å². The summed E-state index contributed by atoms with van der Waals surface area (Å²) in [6.45, 7) is 0.264. The molecule has 5 nitrogen and oxygen atoms in total. The molecule has 0 amide bonds. The van der Waals surface area contributed by atoms with Gasteiger partial charge < -0.3 is 14.0 Å². The van der Waals surface area contributed by atoms with Crippen molar-refractivity contribution >= 4 is 17.9 Å². The number of aromatic nitrogens is 2. The van der Waals surface area contributed by atoms with E-state index >= 15 is 0 Å². The number of benzene rings is 1. The summed E-state index contributed by atoms with van der Waals surface area (Å²) in [6.07, 6.45) is 2.32. The molecule has 1 aromatic carbocycles. The minimum atomic E-state index is 0.264. The van der Waals surface area contributed by atoms with Gasteiger partial charge in [-0.25, -0.2) is 4.98 Å². The molecule has 0 aliphatic heterocycles. The number of rotatable bonds is 5. The maximum absolute atomic E-state index is 10.7. The third-order valence-electron chi connectivity index (χ3n) is 2.71. The van der Waals surface area contributed by atoms with Crippen LogP contribution < -0.4 is 9.47 Å². The van der Waals surface area contributed by atoms with Crippen molar-refractivity contribution in [3.8, 4) is 11.5 Å². The highest BCUT2D eigenvalue weighted by molar-refractivity contribution is 6.29. The van der Waals surface area contributed by atoms with Crippen molar-refractivity contribution in [3.05, 3.63) is 40.9 Å². The Morgan fingerprint density at radius 1 is 1.42 bits per heavy atom. The van der Waals surface area contributed by atoms with Gasteiger partial charge in [0.1, 0.15) is 23.9 Å². The molecule has 100 valence electrons. The topological polar surface area (TPSA) is 53.4 Å². The van der Waals surface area contributed by atoms with Crippen molar-refractivity contribution in [1.29, 1.82) is 0 Å². The minimum absolute atomic E-state index is 0.264. The maximum Gasteiger partial charge on any atom is 0.161 e. The second-order valence-electron chi connectivity index (χ2n) is 3.87. The Morgan fingerprint density at radius 3 is 2.79 bits per heavy atom. The van der Waals surface area contributed by atoms with Gasteiger partial charge in [-0.15, -0.1) is 0 Å². The van der Waals surface area contributed by atoms with Crippen LogP contribution in [0.2, 0.25) is 5.15 Å². The van der Waals surface area contributed by atoms with Crippen LogP contribution in [0.15, 0.2) is 24.4 Å². The highest BCUT2D eigenvalue weighted by atomic mass is 35.5. The number of ether oxygens (including phenoxy) is 2. The van der Waals surface area contributed by atoms with Crippen molar-refractivity contribution in [3.63, 3.8) is 0 Å². The number of aldehydes is 1. The fourth-order valence-electron chi connectivity index (χ4n) is 1.58. The molecule has 1 heterocycles. The maximum atomic E-state index is 10.7. The zero-order valence-electron chi connectivity index (χ0n) is 10.6. The zero-order valence-corrected chi connectivity index (χ0v) is 11.3. The summed E-state index contributed by atoms with van der Waals surface area (Å²) >= 11 is 5.89. The number of carbonyl (C=O) groups excluding carboxylic acids is 1. The number of imidazole rings is 1. The molecule has 0 unspecified atom stereocenters. The average molecular weight is 281 g/mol. The van der Waals surface area contributed by atoms with Gasteiger partial charge in [-0.05, 0) is 18.2 Å². The highest BCUT2D eigenvalue weighted by Crippen LogP contribution is 2.28. The van der Waals surface area contributed by atoms with E-state index in [1.807, 2.05) is 0 Å². The largest absolute Gasteiger partial charge is 0.493 e. The first-order valence-corrected chi connectivity index (χ1v) is 5.95. The summed E-state index contributed by atoms with van der Waals surface area (Å²) in [5, 5.41) is 0.543. The van der Waals surface area contributed by atoms with Crippen LogP contribution in [0.5, 0.6) is 11.5 Å². The van der Waals surface area contributed by atoms with Gasteiger partial charge in [-0.1, -0.05) is 11.6 Å². The van der Waals surface area contributed by atoms with Crippen LogP contribution in [0.4, 0.5) is 0 Å². The molecule has 6 heteroatoms. The third-order valence-corrected chi connectivity index (χ3v) is 3.06. The number of methoxy groups -OCH3 is 1. The Morgan fingerprint density at radius 2 is 2.21 bits per heavy atom. The first kappa shape index (κ1) is 13.4. The van der Waals surface area contributed by atoms with Crippen molar-refractivity contribution in [1.82, 2.24) is 9.55 Å².